The van der Waals surface area contributed by atoms with E-state index in [1.165, 1.54) is 57.8 Å². The summed E-state index contributed by atoms with van der Waals surface area (Å²) < 4.78 is -0.623. The number of hydrogen-bond donors (Lipinski definition) is 0. The predicted octanol–water partition coefficient (Wildman–Crippen LogP) is 6.32. The molecular weight excluding hydrogens is 275 g/mol. The SMILES string of the molecule is CCCCCCCCCCCC1C(Cl)C1(Cl)Cl. The largest absolute Gasteiger partial charge is 0.139 e. The van der Waals surface area contributed by atoms with Crippen LogP contribution in [0.1, 0.15) is 71.1 Å². The molecule has 1 fully saturated rings. The molecule has 3 heteroatoms. The van der Waals surface area contributed by atoms with Crippen molar-refractivity contribution in [3.8, 4) is 0 Å². The van der Waals surface area contributed by atoms with Crippen molar-refractivity contribution in [3.63, 3.8) is 0 Å². The maximum atomic E-state index is 6.00. The van der Waals surface area contributed by atoms with Crippen molar-refractivity contribution in [2.24, 2.45) is 5.92 Å². The third kappa shape index (κ3) is 5.57. The molecule has 102 valence electrons. The molecule has 1 rings (SSSR count). The maximum absolute atomic E-state index is 6.00. The van der Waals surface area contributed by atoms with Crippen LogP contribution in [-0.4, -0.2) is 9.71 Å². The van der Waals surface area contributed by atoms with Gasteiger partial charge in [-0.15, -0.1) is 11.6 Å². The van der Waals surface area contributed by atoms with Gasteiger partial charge in [-0.05, 0) is 6.42 Å². The van der Waals surface area contributed by atoms with Gasteiger partial charge in [0.25, 0.3) is 0 Å². The third-order valence-electron chi connectivity index (χ3n) is 3.72. The number of alkyl halides is 3. The van der Waals surface area contributed by atoms with Gasteiger partial charge < -0.3 is 0 Å². The predicted molar refractivity (Wildman–Crippen MR) is 79.4 cm³/mol. The highest BCUT2D eigenvalue weighted by Crippen LogP contribution is 2.59. The second-order valence-corrected chi connectivity index (χ2v) is 7.21. The van der Waals surface area contributed by atoms with E-state index in [2.05, 4.69) is 6.92 Å². The zero-order chi connectivity index (χ0) is 12.7. The Labute approximate surface area is 121 Å². The first-order chi connectivity index (χ1) is 8.10. The fraction of sp³-hybridized carbons (Fsp3) is 1.00. The first-order valence-electron chi connectivity index (χ1n) is 7.12. The van der Waals surface area contributed by atoms with E-state index in [9.17, 15) is 0 Å². The summed E-state index contributed by atoms with van der Waals surface area (Å²) in [5.74, 6) is 0.331. The Kier molecular flexibility index (Phi) is 7.61. The molecule has 0 aromatic rings. The zero-order valence-corrected chi connectivity index (χ0v) is 13.1. The Hall–Kier alpha value is 0.870. The molecule has 2 atom stereocenters. The molecule has 0 nitrogen and oxygen atoms in total. The molecule has 0 aromatic carbocycles. The molecule has 0 heterocycles. The summed E-state index contributed by atoms with van der Waals surface area (Å²) in [6.45, 7) is 2.26. The lowest BCUT2D eigenvalue weighted by atomic mass is 10.1. The Morgan fingerprint density at radius 3 is 1.65 bits per heavy atom. The van der Waals surface area contributed by atoms with E-state index in [0.29, 0.717) is 5.92 Å². The van der Waals surface area contributed by atoms with Crippen LogP contribution in [0.4, 0.5) is 0 Å². The lowest BCUT2D eigenvalue weighted by Crippen LogP contribution is -1.90. The van der Waals surface area contributed by atoms with Crippen LogP contribution in [0.25, 0.3) is 0 Å². The van der Waals surface area contributed by atoms with Crippen LogP contribution in [0.5, 0.6) is 0 Å². The van der Waals surface area contributed by atoms with E-state index in [1.54, 1.807) is 0 Å². The van der Waals surface area contributed by atoms with Crippen LogP contribution < -0.4 is 0 Å². The van der Waals surface area contributed by atoms with Gasteiger partial charge in [-0.1, -0.05) is 87.9 Å². The number of rotatable bonds is 10. The maximum Gasteiger partial charge on any atom is 0.139 e. The molecule has 2 unspecified atom stereocenters. The summed E-state index contributed by atoms with van der Waals surface area (Å²) in [6.07, 6.45) is 13.3. The van der Waals surface area contributed by atoms with Crippen molar-refractivity contribution < 1.29 is 0 Å². The summed E-state index contributed by atoms with van der Waals surface area (Å²) in [5, 5.41) is -0.0140. The summed E-state index contributed by atoms with van der Waals surface area (Å²) in [6, 6.07) is 0. The lowest BCUT2D eigenvalue weighted by Gasteiger charge is -2.02. The molecule has 0 amide bonds. The van der Waals surface area contributed by atoms with Gasteiger partial charge in [0.1, 0.15) is 4.33 Å². The number of unbranched alkanes of at least 4 members (excludes halogenated alkanes) is 8. The summed E-state index contributed by atoms with van der Waals surface area (Å²) >= 11 is 18.0. The molecule has 0 saturated heterocycles. The van der Waals surface area contributed by atoms with Crippen LogP contribution in [0.3, 0.4) is 0 Å². The Morgan fingerprint density at radius 2 is 1.24 bits per heavy atom. The van der Waals surface area contributed by atoms with Crippen LogP contribution in [0, 0.1) is 5.92 Å². The molecule has 0 spiro atoms. The molecular formula is C14H25Cl3. The van der Waals surface area contributed by atoms with Crippen molar-refractivity contribution in [1.82, 2.24) is 0 Å². The molecule has 17 heavy (non-hydrogen) atoms. The van der Waals surface area contributed by atoms with E-state index in [4.69, 9.17) is 34.8 Å². The molecule has 0 aromatic heterocycles. The van der Waals surface area contributed by atoms with Crippen LogP contribution in [0.15, 0.2) is 0 Å². The minimum atomic E-state index is -0.623. The molecule has 1 aliphatic carbocycles. The van der Waals surface area contributed by atoms with Crippen molar-refractivity contribution in [3.05, 3.63) is 0 Å². The topological polar surface area (TPSA) is 0 Å². The van der Waals surface area contributed by atoms with Gasteiger partial charge in [0.05, 0.1) is 5.38 Å². The normalized spacial score (nSPS) is 26.1. The highest BCUT2D eigenvalue weighted by molar-refractivity contribution is 6.56. The van der Waals surface area contributed by atoms with E-state index in [1.807, 2.05) is 0 Å². The van der Waals surface area contributed by atoms with Gasteiger partial charge in [0, 0.05) is 5.92 Å². The molecule has 0 N–H and O–H groups in total. The first kappa shape index (κ1) is 15.9. The molecule has 0 aliphatic heterocycles. The van der Waals surface area contributed by atoms with Gasteiger partial charge in [-0.2, -0.15) is 0 Å². The average molecular weight is 300 g/mol. The molecule has 1 saturated carbocycles. The fourth-order valence-corrected chi connectivity index (χ4v) is 3.55. The van der Waals surface area contributed by atoms with Crippen LogP contribution >= 0.6 is 34.8 Å². The minimum Gasteiger partial charge on any atom is -0.119 e. The van der Waals surface area contributed by atoms with E-state index >= 15 is 0 Å². The first-order valence-corrected chi connectivity index (χ1v) is 8.31. The molecule has 1 aliphatic rings. The zero-order valence-electron chi connectivity index (χ0n) is 10.9. The van der Waals surface area contributed by atoms with Crippen LogP contribution in [-0.2, 0) is 0 Å². The Balaban J connectivity index is 1.80. The number of halogens is 3. The van der Waals surface area contributed by atoms with Gasteiger partial charge in [0.15, 0.2) is 0 Å². The molecule has 0 bridgehead atoms. The summed E-state index contributed by atoms with van der Waals surface area (Å²) in [4.78, 5) is 0. The van der Waals surface area contributed by atoms with Gasteiger partial charge in [0.2, 0.25) is 0 Å². The highest BCUT2D eigenvalue weighted by atomic mass is 35.5. The molecule has 0 radical (unpaired) electrons. The van der Waals surface area contributed by atoms with Gasteiger partial charge in [-0.3, -0.25) is 0 Å². The standard InChI is InChI=1S/C14H25Cl3/c1-2-3-4-5-6-7-8-9-10-11-12-13(15)14(12,16)17/h12-13H,2-11H2,1H3. The van der Waals surface area contributed by atoms with E-state index < -0.39 is 4.33 Å². The summed E-state index contributed by atoms with van der Waals surface area (Å²) in [5.41, 5.74) is 0. The third-order valence-corrected chi connectivity index (χ3v) is 5.63. The minimum absolute atomic E-state index is 0.0140. The van der Waals surface area contributed by atoms with Gasteiger partial charge >= 0.3 is 0 Å². The highest BCUT2D eigenvalue weighted by Gasteiger charge is 2.61. The Bertz CT molecular complexity index is 204. The Morgan fingerprint density at radius 1 is 0.824 bits per heavy atom. The lowest BCUT2D eigenvalue weighted by molar-refractivity contribution is 0.544. The monoisotopic (exact) mass is 298 g/mol. The smallest absolute Gasteiger partial charge is 0.119 e. The second-order valence-electron chi connectivity index (χ2n) is 5.30. The van der Waals surface area contributed by atoms with Crippen molar-refractivity contribution in [2.75, 3.05) is 0 Å². The van der Waals surface area contributed by atoms with E-state index in [-0.39, 0.29) is 5.38 Å². The van der Waals surface area contributed by atoms with Crippen molar-refractivity contribution in [1.29, 1.82) is 0 Å². The fourth-order valence-electron chi connectivity index (χ4n) is 2.36. The second kappa shape index (κ2) is 8.12. The van der Waals surface area contributed by atoms with Crippen molar-refractivity contribution >= 4 is 34.8 Å². The van der Waals surface area contributed by atoms with Crippen LogP contribution in [0.2, 0.25) is 0 Å². The summed E-state index contributed by atoms with van der Waals surface area (Å²) in [7, 11) is 0. The van der Waals surface area contributed by atoms with E-state index in [0.717, 1.165) is 6.42 Å². The number of hydrogen-bond acceptors (Lipinski definition) is 0. The van der Waals surface area contributed by atoms with Gasteiger partial charge in [-0.25, -0.2) is 0 Å². The quantitative estimate of drug-likeness (QED) is 0.327. The average Bonchev–Trinajstić information content (AvgIpc) is 2.76. The van der Waals surface area contributed by atoms with Crippen molar-refractivity contribution in [2.45, 2.75) is 80.8 Å².